The fraction of sp³-hybridized carbons (Fsp3) is 0.435. The number of benzene rings is 2. The predicted molar refractivity (Wildman–Crippen MR) is 116 cm³/mol. The van der Waals surface area contributed by atoms with E-state index >= 15 is 0 Å². The van der Waals surface area contributed by atoms with E-state index < -0.39 is 0 Å². The van der Waals surface area contributed by atoms with Crippen LogP contribution < -0.4 is 14.8 Å². The van der Waals surface area contributed by atoms with Crippen LogP contribution in [-0.2, 0) is 11.3 Å². The molecule has 0 saturated carbocycles. The average molecular weight is 417 g/mol. The molecule has 1 N–H and O–H groups in total. The van der Waals surface area contributed by atoms with E-state index in [4.69, 9.17) is 21.1 Å². The van der Waals surface area contributed by atoms with Crippen molar-refractivity contribution in [2.24, 2.45) is 5.92 Å². The van der Waals surface area contributed by atoms with Gasteiger partial charge < -0.3 is 14.8 Å². The zero-order valence-electron chi connectivity index (χ0n) is 17.3. The molecule has 1 saturated heterocycles. The Labute approximate surface area is 177 Å². The summed E-state index contributed by atoms with van der Waals surface area (Å²) in [5.74, 6) is 1.61. The van der Waals surface area contributed by atoms with Crippen molar-refractivity contribution in [3.8, 4) is 11.5 Å². The van der Waals surface area contributed by atoms with Gasteiger partial charge in [-0.05, 0) is 62.7 Å². The van der Waals surface area contributed by atoms with Crippen LogP contribution in [0.5, 0.6) is 11.5 Å². The lowest BCUT2D eigenvalue weighted by Gasteiger charge is -2.32. The zero-order chi connectivity index (χ0) is 20.8. The highest BCUT2D eigenvalue weighted by Gasteiger charge is 2.27. The molecule has 2 aromatic rings. The van der Waals surface area contributed by atoms with Crippen LogP contribution in [0.4, 0.5) is 0 Å². The molecule has 1 aliphatic rings. The first-order valence-electron chi connectivity index (χ1n) is 10.00. The molecule has 1 heterocycles. The summed E-state index contributed by atoms with van der Waals surface area (Å²) >= 11 is 6.27. The zero-order valence-corrected chi connectivity index (χ0v) is 18.0. The standard InChI is InChI=1S/C23H29ClN2O3/c1-16(20-14-19(28-2)8-9-22(20)29-3)25-23(27)17-10-12-26(13-11-17)15-18-6-4-5-7-21(18)24/h4-9,14,16-17H,10-13,15H2,1-3H3,(H,25,27)/t16-/m0/s1. The maximum Gasteiger partial charge on any atom is 0.223 e. The van der Waals surface area contributed by atoms with Crippen molar-refractivity contribution in [1.82, 2.24) is 10.2 Å². The summed E-state index contributed by atoms with van der Waals surface area (Å²) in [6, 6.07) is 13.4. The second-order valence-corrected chi connectivity index (χ2v) is 7.89. The van der Waals surface area contributed by atoms with Crippen LogP contribution in [0, 0.1) is 5.92 Å². The van der Waals surface area contributed by atoms with Crippen molar-refractivity contribution in [3.05, 3.63) is 58.6 Å². The Morgan fingerprint density at radius 1 is 1.17 bits per heavy atom. The van der Waals surface area contributed by atoms with Crippen molar-refractivity contribution in [3.63, 3.8) is 0 Å². The fourth-order valence-corrected chi connectivity index (χ4v) is 4.00. The molecule has 2 aromatic carbocycles. The molecule has 156 valence electrons. The molecule has 3 rings (SSSR count). The molecular weight excluding hydrogens is 388 g/mol. The van der Waals surface area contributed by atoms with Gasteiger partial charge in [0.15, 0.2) is 0 Å². The van der Waals surface area contributed by atoms with E-state index in [2.05, 4.69) is 16.3 Å². The number of rotatable bonds is 7. The van der Waals surface area contributed by atoms with E-state index in [1.807, 2.05) is 43.3 Å². The Morgan fingerprint density at radius 2 is 1.90 bits per heavy atom. The Morgan fingerprint density at radius 3 is 2.55 bits per heavy atom. The number of methoxy groups -OCH3 is 2. The van der Waals surface area contributed by atoms with Gasteiger partial charge in [0.05, 0.1) is 20.3 Å². The minimum atomic E-state index is -0.159. The van der Waals surface area contributed by atoms with E-state index in [1.54, 1.807) is 14.2 Å². The summed E-state index contributed by atoms with van der Waals surface area (Å²) < 4.78 is 10.8. The van der Waals surface area contributed by atoms with Gasteiger partial charge in [-0.15, -0.1) is 0 Å². The minimum absolute atomic E-state index is 0.0246. The monoisotopic (exact) mass is 416 g/mol. The Bertz CT molecular complexity index is 835. The molecule has 1 aliphatic heterocycles. The number of likely N-dealkylation sites (tertiary alicyclic amines) is 1. The second kappa shape index (κ2) is 9.99. The molecular formula is C23H29ClN2O3. The number of halogens is 1. The van der Waals surface area contributed by atoms with Gasteiger partial charge in [-0.2, -0.15) is 0 Å². The number of carbonyl (C=O) groups excluding carboxylic acids is 1. The van der Waals surface area contributed by atoms with Gasteiger partial charge in [0.25, 0.3) is 0 Å². The Balaban J connectivity index is 1.55. The lowest BCUT2D eigenvalue weighted by Crippen LogP contribution is -2.41. The van der Waals surface area contributed by atoms with E-state index in [9.17, 15) is 4.79 Å². The highest BCUT2D eigenvalue weighted by Crippen LogP contribution is 2.30. The number of piperidine rings is 1. The average Bonchev–Trinajstić information content (AvgIpc) is 2.75. The van der Waals surface area contributed by atoms with Crippen LogP contribution >= 0.6 is 11.6 Å². The van der Waals surface area contributed by atoms with Gasteiger partial charge >= 0.3 is 0 Å². The highest BCUT2D eigenvalue weighted by molar-refractivity contribution is 6.31. The number of hydrogen-bond acceptors (Lipinski definition) is 4. The summed E-state index contributed by atoms with van der Waals surface area (Å²) in [6.07, 6.45) is 1.69. The summed E-state index contributed by atoms with van der Waals surface area (Å²) in [5, 5.41) is 3.95. The Kier molecular flexibility index (Phi) is 7.40. The quantitative estimate of drug-likeness (QED) is 0.724. The third-order valence-corrected chi connectivity index (χ3v) is 5.94. The molecule has 1 atom stereocenters. The first kappa shape index (κ1) is 21.5. The van der Waals surface area contributed by atoms with Crippen LogP contribution in [0.3, 0.4) is 0 Å². The predicted octanol–water partition coefficient (Wildman–Crippen LogP) is 4.45. The SMILES string of the molecule is COc1ccc(OC)c([C@H](C)NC(=O)C2CCN(Cc3ccccc3Cl)CC2)c1. The van der Waals surface area contributed by atoms with Crippen LogP contribution in [0.25, 0.3) is 0 Å². The van der Waals surface area contributed by atoms with Crippen LogP contribution in [0.15, 0.2) is 42.5 Å². The largest absolute Gasteiger partial charge is 0.497 e. The minimum Gasteiger partial charge on any atom is -0.497 e. The van der Waals surface area contributed by atoms with Crippen molar-refractivity contribution in [2.45, 2.75) is 32.4 Å². The third kappa shape index (κ3) is 5.43. The van der Waals surface area contributed by atoms with E-state index in [1.165, 1.54) is 0 Å². The summed E-state index contributed by atoms with van der Waals surface area (Å²) in [4.78, 5) is 15.2. The van der Waals surface area contributed by atoms with Crippen LogP contribution in [0.1, 0.15) is 36.9 Å². The maximum atomic E-state index is 12.8. The third-order valence-electron chi connectivity index (χ3n) is 5.57. The molecule has 0 aromatic heterocycles. The first-order valence-corrected chi connectivity index (χ1v) is 10.4. The van der Waals surface area contributed by atoms with Gasteiger partial charge in [-0.1, -0.05) is 29.8 Å². The molecule has 5 nitrogen and oxygen atoms in total. The topological polar surface area (TPSA) is 50.8 Å². The number of nitrogens with zero attached hydrogens (tertiary/aromatic N) is 1. The molecule has 0 bridgehead atoms. The van der Waals surface area contributed by atoms with Gasteiger partial charge in [0, 0.05) is 23.0 Å². The van der Waals surface area contributed by atoms with Crippen LogP contribution in [0.2, 0.25) is 5.02 Å². The number of nitrogens with one attached hydrogen (secondary N) is 1. The molecule has 0 aliphatic carbocycles. The highest BCUT2D eigenvalue weighted by atomic mass is 35.5. The first-order chi connectivity index (χ1) is 14.0. The number of ether oxygens (including phenoxy) is 2. The summed E-state index contributed by atoms with van der Waals surface area (Å²) in [6.45, 7) is 4.58. The molecule has 6 heteroatoms. The van der Waals surface area contributed by atoms with Crippen molar-refractivity contribution < 1.29 is 14.3 Å². The number of carbonyl (C=O) groups is 1. The van der Waals surface area contributed by atoms with E-state index in [-0.39, 0.29) is 17.9 Å². The molecule has 29 heavy (non-hydrogen) atoms. The summed E-state index contributed by atoms with van der Waals surface area (Å²) in [5.41, 5.74) is 2.05. The van der Waals surface area contributed by atoms with Gasteiger partial charge in [-0.25, -0.2) is 0 Å². The lowest BCUT2D eigenvalue weighted by molar-refractivity contribution is -0.127. The van der Waals surface area contributed by atoms with Gasteiger partial charge in [0.1, 0.15) is 11.5 Å². The number of amides is 1. The molecule has 1 fully saturated rings. The normalized spacial score (nSPS) is 16.3. The van der Waals surface area contributed by atoms with E-state index in [0.717, 1.165) is 60.1 Å². The molecule has 0 unspecified atom stereocenters. The van der Waals surface area contributed by atoms with Crippen molar-refractivity contribution in [1.29, 1.82) is 0 Å². The van der Waals surface area contributed by atoms with Gasteiger partial charge in [-0.3, -0.25) is 9.69 Å². The van der Waals surface area contributed by atoms with Crippen LogP contribution in [-0.4, -0.2) is 38.1 Å². The molecule has 0 radical (unpaired) electrons. The van der Waals surface area contributed by atoms with Crippen molar-refractivity contribution >= 4 is 17.5 Å². The molecule has 1 amide bonds. The molecule has 0 spiro atoms. The maximum absolute atomic E-state index is 12.8. The number of hydrogen-bond donors (Lipinski definition) is 1. The van der Waals surface area contributed by atoms with E-state index in [0.29, 0.717) is 0 Å². The summed E-state index contributed by atoms with van der Waals surface area (Å²) in [7, 11) is 3.26. The van der Waals surface area contributed by atoms with Crippen molar-refractivity contribution in [2.75, 3.05) is 27.3 Å². The Hall–Kier alpha value is -2.24. The lowest BCUT2D eigenvalue weighted by atomic mass is 9.94. The second-order valence-electron chi connectivity index (χ2n) is 7.48. The van der Waals surface area contributed by atoms with Gasteiger partial charge in [0.2, 0.25) is 5.91 Å². The smallest absolute Gasteiger partial charge is 0.223 e. The fourth-order valence-electron chi connectivity index (χ4n) is 3.81.